The van der Waals surface area contributed by atoms with Crippen molar-refractivity contribution in [1.29, 1.82) is 0 Å². The third kappa shape index (κ3) is 4.12. The van der Waals surface area contributed by atoms with Gasteiger partial charge in [0, 0.05) is 5.02 Å². The zero-order valence-electron chi connectivity index (χ0n) is 13.1. The van der Waals surface area contributed by atoms with Crippen LogP contribution in [0.1, 0.15) is 5.56 Å². The first-order chi connectivity index (χ1) is 12.1. The molecule has 3 nitrogen and oxygen atoms in total. The maximum absolute atomic E-state index is 12.7. The van der Waals surface area contributed by atoms with Gasteiger partial charge in [-0.3, -0.25) is 9.69 Å². The second-order valence-electron chi connectivity index (χ2n) is 5.16. The first-order valence-electron chi connectivity index (χ1n) is 7.46. The lowest BCUT2D eigenvalue weighted by Gasteiger charge is -2.14. The molecule has 3 rings (SSSR count). The van der Waals surface area contributed by atoms with Gasteiger partial charge >= 0.3 is 0 Å². The zero-order valence-corrected chi connectivity index (χ0v) is 15.5. The summed E-state index contributed by atoms with van der Waals surface area (Å²) in [4.78, 5) is 14.8. The highest BCUT2D eigenvalue weighted by atomic mass is 35.5. The SMILES string of the molecule is C=CCOc1ccc(/C=C2/SC(=S)N(c3ccc(Cl)cc3)C2=O)cc1. The first kappa shape index (κ1) is 17.7. The van der Waals surface area contributed by atoms with Crippen LogP contribution in [-0.4, -0.2) is 16.8 Å². The van der Waals surface area contributed by atoms with Crippen LogP contribution in [0, 0.1) is 0 Å². The molecule has 1 amide bonds. The Balaban J connectivity index is 1.80. The van der Waals surface area contributed by atoms with Crippen LogP contribution in [0.15, 0.2) is 66.1 Å². The standard InChI is InChI=1S/C19H14ClNO2S2/c1-2-11-23-16-9-3-13(4-10-16)12-17-18(22)21(19(24)25-17)15-7-5-14(20)6-8-15/h2-10,12H,1,11H2/b17-12+. The van der Waals surface area contributed by atoms with E-state index in [2.05, 4.69) is 6.58 Å². The summed E-state index contributed by atoms with van der Waals surface area (Å²) in [5, 5.41) is 0.614. The molecule has 1 heterocycles. The summed E-state index contributed by atoms with van der Waals surface area (Å²) < 4.78 is 5.96. The first-order valence-corrected chi connectivity index (χ1v) is 9.06. The summed E-state index contributed by atoms with van der Waals surface area (Å²) in [5.41, 5.74) is 1.62. The molecule has 2 aromatic carbocycles. The molecule has 2 aromatic rings. The number of hydrogen-bond donors (Lipinski definition) is 0. The van der Waals surface area contributed by atoms with Gasteiger partial charge in [0.25, 0.3) is 5.91 Å². The molecule has 126 valence electrons. The monoisotopic (exact) mass is 387 g/mol. The highest BCUT2D eigenvalue weighted by Crippen LogP contribution is 2.36. The maximum atomic E-state index is 12.7. The second kappa shape index (κ2) is 7.87. The Labute approximate surface area is 160 Å². The molecule has 1 aliphatic rings. The van der Waals surface area contributed by atoms with Gasteiger partial charge in [-0.15, -0.1) is 0 Å². The quantitative estimate of drug-likeness (QED) is 0.395. The summed E-state index contributed by atoms with van der Waals surface area (Å²) in [6, 6.07) is 14.5. The lowest BCUT2D eigenvalue weighted by Crippen LogP contribution is -2.27. The molecule has 0 unspecified atom stereocenters. The molecule has 0 atom stereocenters. The molecule has 1 saturated heterocycles. The van der Waals surface area contributed by atoms with Crippen molar-refractivity contribution in [2.24, 2.45) is 0 Å². The second-order valence-corrected chi connectivity index (χ2v) is 7.27. The normalized spacial score (nSPS) is 15.7. The van der Waals surface area contributed by atoms with Crippen LogP contribution in [0.3, 0.4) is 0 Å². The minimum Gasteiger partial charge on any atom is -0.490 e. The third-order valence-electron chi connectivity index (χ3n) is 3.42. The molecule has 1 aliphatic heterocycles. The Kier molecular flexibility index (Phi) is 5.58. The molecule has 0 bridgehead atoms. The highest BCUT2D eigenvalue weighted by Gasteiger charge is 2.33. The summed E-state index contributed by atoms with van der Waals surface area (Å²) in [5.74, 6) is 0.620. The van der Waals surface area contributed by atoms with Crippen LogP contribution in [0.5, 0.6) is 5.75 Å². The van der Waals surface area contributed by atoms with E-state index < -0.39 is 0 Å². The van der Waals surface area contributed by atoms with Crippen LogP contribution in [0.25, 0.3) is 6.08 Å². The fourth-order valence-electron chi connectivity index (χ4n) is 2.25. The van der Waals surface area contributed by atoms with E-state index in [1.165, 1.54) is 16.7 Å². The van der Waals surface area contributed by atoms with Crippen molar-refractivity contribution in [2.75, 3.05) is 11.5 Å². The number of rotatable bonds is 5. The largest absolute Gasteiger partial charge is 0.490 e. The number of carbonyl (C=O) groups excluding carboxylic acids is 1. The Bertz CT molecular complexity index is 845. The molecule has 0 saturated carbocycles. The van der Waals surface area contributed by atoms with Crippen LogP contribution >= 0.6 is 35.6 Å². The molecule has 1 fully saturated rings. The van der Waals surface area contributed by atoms with E-state index in [0.29, 0.717) is 26.5 Å². The molecular formula is C19H14ClNO2S2. The van der Waals surface area contributed by atoms with Gasteiger partial charge in [-0.05, 0) is 48.0 Å². The third-order valence-corrected chi connectivity index (χ3v) is 4.98. The Morgan fingerprint density at radius 2 is 1.84 bits per heavy atom. The molecule has 25 heavy (non-hydrogen) atoms. The predicted molar refractivity (Wildman–Crippen MR) is 109 cm³/mol. The summed E-state index contributed by atoms with van der Waals surface area (Å²) in [6.07, 6.45) is 3.52. The average Bonchev–Trinajstić information content (AvgIpc) is 2.89. The van der Waals surface area contributed by atoms with Crippen molar-refractivity contribution in [1.82, 2.24) is 0 Å². The van der Waals surface area contributed by atoms with Gasteiger partial charge in [-0.1, -0.05) is 60.4 Å². The fraction of sp³-hybridized carbons (Fsp3) is 0.0526. The Hall–Kier alpha value is -2.08. The smallest absolute Gasteiger partial charge is 0.270 e. The van der Waals surface area contributed by atoms with Gasteiger partial charge in [0.15, 0.2) is 4.32 Å². The van der Waals surface area contributed by atoms with E-state index in [-0.39, 0.29) is 5.91 Å². The van der Waals surface area contributed by atoms with Crippen molar-refractivity contribution in [3.63, 3.8) is 0 Å². The van der Waals surface area contributed by atoms with E-state index in [0.717, 1.165) is 11.3 Å². The van der Waals surface area contributed by atoms with Crippen molar-refractivity contribution in [3.05, 3.63) is 76.7 Å². The number of benzene rings is 2. The number of ether oxygens (including phenoxy) is 1. The van der Waals surface area contributed by atoms with E-state index in [9.17, 15) is 4.79 Å². The van der Waals surface area contributed by atoms with Crippen molar-refractivity contribution < 1.29 is 9.53 Å². The van der Waals surface area contributed by atoms with Gasteiger partial charge in [-0.25, -0.2) is 0 Å². The van der Waals surface area contributed by atoms with Crippen LogP contribution in [0.4, 0.5) is 5.69 Å². The molecule has 0 spiro atoms. The molecule has 0 aliphatic carbocycles. The van der Waals surface area contributed by atoms with Crippen LogP contribution in [-0.2, 0) is 4.79 Å². The molecule has 0 radical (unpaired) electrons. The lowest BCUT2D eigenvalue weighted by molar-refractivity contribution is -0.113. The number of hydrogen-bond acceptors (Lipinski definition) is 4. The summed E-state index contributed by atoms with van der Waals surface area (Å²) in [7, 11) is 0. The molecule has 6 heteroatoms. The van der Waals surface area contributed by atoms with Gasteiger partial charge in [0.1, 0.15) is 12.4 Å². The molecule has 0 N–H and O–H groups in total. The van der Waals surface area contributed by atoms with E-state index in [1.54, 1.807) is 30.3 Å². The summed E-state index contributed by atoms with van der Waals surface area (Å²) >= 11 is 12.5. The Morgan fingerprint density at radius 3 is 2.48 bits per heavy atom. The van der Waals surface area contributed by atoms with Crippen LogP contribution < -0.4 is 9.64 Å². The zero-order chi connectivity index (χ0) is 17.8. The van der Waals surface area contributed by atoms with Gasteiger partial charge in [0.05, 0.1) is 10.6 Å². The number of nitrogens with zero attached hydrogens (tertiary/aromatic N) is 1. The Morgan fingerprint density at radius 1 is 1.16 bits per heavy atom. The minimum absolute atomic E-state index is 0.135. The topological polar surface area (TPSA) is 29.5 Å². The van der Waals surface area contributed by atoms with Crippen LogP contribution in [0.2, 0.25) is 5.02 Å². The van der Waals surface area contributed by atoms with E-state index in [1.807, 2.05) is 30.3 Å². The average molecular weight is 388 g/mol. The highest BCUT2D eigenvalue weighted by molar-refractivity contribution is 8.27. The molecule has 0 aromatic heterocycles. The van der Waals surface area contributed by atoms with Gasteiger partial charge < -0.3 is 4.74 Å². The lowest BCUT2D eigenvalue weighted by atomic mass is 10.2. The fourth-order valence-corrected chi connectivity index (χ4v) is 3.67. The van der Waals surface area contributed by atoms with Gasteiger partial charge in [0.2, 0.25) is 0 Å². The van der Waals surface area contributed by atoms with Crippen molar-refractivity contribution >= 4 is 57.6 Å². The molecular weight excluding hydrogens is 374 g/mol. The number of thiocarbonyl (C=S) groups is 1. The van der Waals surface area contributed by atoms with Gasteiger partial charge in [-0.2, -0.15) is 0 Å². The predicted octanol–water partition coefficient (Wildman–Crippen LogP) is 5.31. The van der Waals surface area contributed by atoms with Crippen molar-refractivity contribution in [2.45, 2.75) is 0 Å². The maximum Gasteiger partial charge on any atom is 0.270 e. The minimum atomic E-state index is -0.135. The summed E-state index contributed by atoms with van der Waals surface area (Å²) in [6.45, 7) is 4.07. The number of carbonyl (C=O) groups is 1. The van der Waals surface area contributed by atoms with Crippen molar-refractivity contribution in [3.8, 4) is 5.75 Å². The number of halogens is 1. The van der Waals surface area contributed by atoms with E-state index in [4.69, 9.17) is 28.6 Å². The number of amides is 1. The van der Waals surface area contributed by atoms with E-state index >= 15 is 0 Å². The number of anilines is 1. The number of thioether (sulfide) groups is 1.